The van der Waals surface area contributed by atoms with Gasteiger partial charge >= 0.3 is 0 Å². The fraction of sp³-hybridized carbons (Fsp3) is 0.400. The van der Waals surface area contributed by atoms with Gasteiger partial charge in [-0.3, -0.25) is 0 Å². The number of allylic oxidation sites excluding steroid dienone is 1. The Hall–Kier alpha value is -0.0575. The van der Waals surface area contributed by atoms with Crippen LogP contribution in [-0.2, 0) is 4.79 Å². The van der Waals surface area contributed by atoms with Crippen molar-refractivity contribution in [1.29, 1.82) is 0 Å². The number of carbonyl (C=O) groups excluding carboxylic acids is 1. The van der Waals surface area contributed by atoms with E-state index in [-0.39, 0.29) is 17.4 Å². The molecular formula is C5H11AlO. The van der Waals surface area contributed by atoms with Crippen molar-refractivity contribution in [3.8, 4) is 0 Å². The van der Waals surface area contributed by atoms with Crippen LogP contribution in [0.4, 0.5) is 0 Å². The molecule has 0 fully saturated rings. The van der Waals surface area contributed by atoms with Crippen LogP contribution < -0.4 is 0 Å². The molecule has 0 aromatic carbocycles. The van der Waals surface area contributed by atoms with Crippen LogP contribution in [0.5, 0.6) is 0 Å². The second-order valence-corrected chi connectivity index (χ2v) is 1.03. The van der Waals surface area contributed by atoms with E-state index < -0.39 is 0 Å². The number of aldehydes is 1. The van der Waals surface area contributed by atoms with Crippen molar-refractivity contribution < 1.29 is 4.79 Å². The van der Waals surface area contributed by atoms with Gasteiger partial charge in [-0.25, -0.2) is 0 Å². The lowest BCUT2D eigenvalue weighted by Gasteiger charge is -1.72. The van der Waals surface area contributed by atoms with Crippen LogP contribution in [-0.4, -0.2) is 23.6 Å². The van der Waals surface area contributed by atoms with E-state index in [9.17, 15) is 4.79 Å². The molecule has 40 valence electrons. The summed E-state index contributed by atoms with van der Waals surface area (Å²) in [7, 11) is 0. The minimum absolute atomic E-state index is 0. The van der Waals surface area contributed by atoms with Crippen molar-refractivity contribution in [2.24, 2.45) is 0 Å². The van der Waals surface area contributed by atoms with E-state index in [1.165, 1.54) is 0 Å². The number of unbranched alkanes of at least 4 members (excludes halogenated alkanes) is 1. The second-order valence-electron chi connectivity index (χ2n) is 1.03. The van der Waals surface area contributed by atoms with Crippen LogP contribution in [0.25, 0.3) is 0 Å². The number of hydrogen-bond acceptors (Lipinski definition) is 1. The Morgan fingerprint density at radius 3 is 2.14 bits per heavy atom. The van der Waals surface area contributed by atoms with Crippen LogP contribution in [0.2, 0.25) is 0 Å². The first-order valence-corrected chi connectivity index (χ1v) is 1.96. The highest BCUT2D eigenvalue weighted by atomic mass is 27.0. The summed E-state index contributed by atoms with van der Waals surface area (Å²) in [5, 5.41) is 0. The van der Waals surface area contributed by atoms with Crippen LogP contribution in [0.15, 0.2) is 12.7 Å². The Morgan fingerprint density at radius 1 is 1.43 bits per heavy atom. The quantitative estimate of drug-likeness (QED) is 0.218. The van der Waals surface area contributed by atoms with Crippen molar-refractivity contribution >= 4 is 23.6 Å². The third kappa shape index (κ3) is 10.7. The molecule has 0 heterocycles. The van der Waals surface area contributed by atoms with E-state index in [1.807, 2.05) is 0 Å². The van der Waals surface area contributed by atoms with Gasteiger partial charge in [0.25, 0.3) is 0 Å². The molecule has 0 rings (SSSR count). The Bertz CT molecular complexity index is 44.0. The zero-order valence-electron chi connectivity index (χ0n) is 3.68. The molecular weight excluding hydrogens is 103 g/mol. The minimum Gasteiger partial charge on any atom is -0.303 e. The van der Waals surface area contributed by atoms with Gasteiger partial charge in [-0.05, 0) is 6.42 Å². The smallest absolute Gasteiger partial charge is 0.187 e. The zero-order valence-corrected chi connectivity index (χ0v) is 3.68. The van der Waals surface area contributed by atoms with Crippen molar-refractivity contribution in [3.63, 3.8) is 0 Å². The maximum absolute atomic E-state index is 9.52. The van der Waals surface area contributed by atoms with Gasteiger partial charge in [0, 0.05) is 6.42 Å². The summed E-state index contributed by atoms with van der Waals surface area (Å²) in [4.78, 5) is 9.52. The van der Waals surface area contributed by atoms with E-state index in [1.54, 1.807) is 6.08 Å². The Kier molecular flexibility index (Phi) is 13.4. The predicted octanol–water partition coefficient (Wildman–Crippen LogP) is -0.0324. The van der Waals surface area contributed by atoms with Gasteiger partial charge in [-0.2, -0.15) is 0 Å². The first-order valence-electron chi connectivity index (χ1n) is 1.96. The third-order valence-electron chi connectivity index (χ3n) is 0.489. The lowest BCUT2D eigenvalue weighted by molar-refractivity contribution is -0.107. The summed E-state index contributed by atoms with van der Waals surface area (Å²) in [5.74, 6) is 0. The molecule has 1 nitrogen and oxygen atoms in total. The topological polar surface area (TPSA) is 17.1 Å². The highest BCUT2D eigenvalue weighted by Gasteiger charge is 1.70. The van der Waals surface area contributed by atoms with E-state index in [0.29, 0.717) is 6.42 Å². The molecule has 0 saturated heterocycles. The summed E-state index contributed by atoms with van der Waals surface area (Å²) in [6.45, 7) is 3.44. The first kappa shape index (κ1) is 10.0. The average Bonchev–Trinajstić information content (AvgIpc) is 1.61. The summed E-state index contributed by atoms with van der Waals surface area (Å²) in [6.07, 6.45) is 4.04. The van der Waals surface area contributed by atoms with E-state index >= 15 is 0 Å². The number of rotatable bonds is 3. The number of carbonyl (C=O) groups is 1. The molecule has 0 unspecified atom stereocenters. The largest absolute Gasteiger partial charge is 0.303 e. The SMILES string of the molecule is C=CCCC=O.[AlH3]. The number of hydrogen-bond donors (Lipinski definition) is 0. The summed E-state index contributed by atoms with van der Waals surface area (Å²) in [5.41, 5.74) is 0. The standard InChI is InChI=1S/C5H8O.Al.3H/c1-2-3-4-5-6;;;;/h2,5H,1,3-4H2;;;;. The van der Waals surface area contributed by atoms with E-state index in [4.69, 9.17) is 0 Å². The van der Waals surface area contributed by atoms with Gasteiger partial charge in [-0.1, -0.05) is 6.08 Å². The van der Waals surface area contributed by atoms with Crippen molar-refractivity contribution in [3.05, 3.63) is 12.7 Å². The minimum atomic E-state index is 0. The fourth-order valence-electron chi connectivity index (χ4n) is 0.186. The molecule has 2 heteroatoms. The maximum Gasteiger partial charge on any atom is 0.187 e. The summed E-state index contributed by atoms with van der Waals surface area (Å²) in [6, 6.07) is 0. The van der Waals surface area contributed by atoms with Gasteiger partial charge in [0.05, 0.1) is 0 Å². The summed E-state index contributed by atoms with van der Waals surface area (Å²) < 4.78 is 0. The highest BCUT2D eigenvalue weighted by molar-refractivity contribution is 5.75. The molecule has 0 saturated carbocycles. The lowest BCUT2D eigenvalue weighted by Crippen LogP contribution is -1.66. The van der Waals surface area contributed by atoms with Gasteiger partial charge in [0.1, 0.15) is 6.29 Å². The lowest BCUT2D eigenvalue weighted by atomic mass is 10.3. The Morgan fingerprint density at radius 2 is 2.00 bits per heavy atom. The first-order chi connectivity index (χ1) is 2.91. The molecule has 0 N–H and O–H groups in total. The second kappa shape index (κ2) is 9.34. The molecule has 0 aliphatic rings. The molecule has 0 atom stereocenters. The van der Waals surface area contributed by atoms with E-state index in [2.05, 4.69) is 6.58 Å². The van der Waals surface area contributed by atoms with Crippen molar-refractivity contribution in [2.75, 3.05) is 0 Å². The third-order valence-corrected chi connectivity index (χ3v) is 0.489. The fourth-order valence-corrected chi connectivity index (χ4v) is 0.186. The highest BCUT2D eigenvalue weighted by Crippen LogP contribution is 1.80. The van der Waals surface area contributed by atoms with Gasteiger partial charge in [0.15, 0.2) is 17.4 Å². The molecule has 0 radical (unpaired) electrons. The van der Waals surface area contributed by atoms with Crippen LogP contribution in [0.3, 0.4) is 0 Å². The van der Waals surface area contributed by atoms with Gasteiger partial charge in [0.2, 0.25) is 0 Å². The predicted molar refractivity (Wildman–Crippen MR) is 35.4 cm³/mol. The summed E-state index contributed by atoms with van der Waals surface area (Å²) >= 11 is 0. The molecule has 0 spiro atoms. The van der Waals surface area contributed by atoms with Gasteiger partial charge in [-0.15, -0.1) is 6.58 Å². The normalized spacial score (nSPS) is 6.29. The van der Waals surface area contributed by atoms with Crippen molar-refractivity contribution in [2.45, 2.75) is 12.8 Å². The molecule has 0 aliphatic carbocycles. The average molecular weight is 114 g/mol. The molecule has 0 aromatic rings. The monoisotopic (exact) mass is 114 g/mol. The Labute approximate surface area is 54.5 Å². The van der Waals surface area contributed by atoms with Crippen LogP contribution in [0, 0.1) is 0 Å². The molecule has 0 aromatic heterocycles. The molecule has 0 bridgehead atoms. The Balaban J connectivity index is 0. The van der Waals surface area contributed by atoms with Crippen LogP contribution >= 0.6 is 0 Å². The molecule has 0 amide bonds. The zero-order chi connectivity index (χ0) is 4.83. The van der Waals surface area contributed by atoms with Crippen LogP contribution in [0.1, 0.15) is 12.8 Å². The molecule has 7 heavy (non-hydrogen) atoms. The molecule has 0 aliphatic heterocycles. The van der Waals surface area contributed by atoms with Gasteiger partial charge < -0.3 is 4.79 Å². The van der Waals surface area contributed by atoms with Crippen molar-refractivity contribution in [1.82, 2.24) is 0 Å². The van der Waals surface area contributed by atoms with E-state index in [0.717, 1.165) is 12.7 Å². The maximum atomic E-state index is 9.52.